The van der Waals surface area contributed by atoms with Gasteiger partial charge in [-0.1, -0.05) is 0 Å². The Hall–Kier alpha value is -6.58. The molecule has 0 aliphatic heterocycles. The minimum atomic E-state index is -0.631. The molecule has 44 heavy (non-hydrogen) atoms. The van der Waals surface area contributed by atoms with Gasteiger partial charge in [-0.15, -0.1) is 0 Å². The lowest BCUT2D eigenvalue weighted by molar-refractivity contribution is -0.385. The number of benzene rings is 4. The van der Waals surface area contributed by atoms with Crippen molar-refractivity contribution in [3.05, 3.63) is 138 Å². The molecule has 0 saturated carbocycles. The lowest BCUT2D eigenvalue weighted by atomic mass is 10.1. The van der Waals surface area contributed by atoms with Crippen molar-refractivity contribution in [2.45, 2.75) is 12.8 Å². The van der Waals surface area contributed by atoms with E-state index in [-0.39, 0.29) is 45.5 Å². The van der Waals surface area contributed by atoms with Gasteiger partial charge in [-0.2, -0.15) is 0 Å². The van der Waals surface area contributed by atoms with E-state index in [1.807, 2.05) is 0 Å². The van der Waals surface area contributed by atoms with E-state index in [9.17, 15) is 50.0 Å². The minimum absolute atomic E-state index is 0.199. The van der Waals surface area contributed by atoms with Crippen LogP contribution in [-0.4, -0.2) is 31.5 Å². The summed E-state index contributed by atoms with van der Waals surface area (Å²) in [4.78, 5) is 71.4. The van der Waals surface area contributed by atoms with Crippen molar-refractivity contribution >= 4 is 57.3 Å². The Bertz CT molecular complexity index is 1500. The molecule has 4 rings (SSSR count). The highest BCUT2D eigenvalue weighted by molar-refractivity contribution is 6.05. The molecule has 4 aromatic carbocycles. The Morgan fingerprint density at radius 1 is 0.409 bits per heavy atom. The number of nitro benzene ring substituents is 4. The maximum absolute atomic E-state index is 13.6. The first-order valence-electron chi connectivity index (χ1n) is 12.6. The second kappa shape index (κ2) is 12.9. The molecule has 0 spiro atoms. The van der Waals surface area contributed by atoms with Crippen molar-refractivity contribution in [2.75, 3.05) is 9.80 Å². The largest absolute Gasteiger partial charge is 0.281 e. The molecule has 16 heteroatoms. The first kappa shape index (κ1) is 30.4. The van der Waals surface area contributed by atoms with Crippen LogP contribution in [0.1, 0.15) is 12.8 Å². The van der Waals surface area contributed by atoms with Crippen LogP contribution >= 0.6 is 0 Å². The van der Waals surface area contributed by atoms with Gasteiger partial charge in [-0.25, -0.2) is 0 Å². The predicted octanol–water partition coefficient (Wildman–Crippen LogP) is 6.13. The Kier molecular flexibility index (Phi) is 8.94. The molecular weight excluding hydrogens is 580 g/mol. The summed E-state index contributed by atoms with van der Waals surface area (Å²) < 4.78 is 0. The van der Waals surface area contributed by atoms with Crippen molar-refractivity contribution in [1.29, 1.82) is 0 Å². The molecule has 0 saturated heterocycles. The number of hydrogen-bond donors (Lipinski definition) is 0. The van der Waals surface area contributed by atoms with Gasteiger partial charge < -0.3 is 0 Å². The van der Waals surface area contributed by atoms with Crippen molar-refractivity contribution in [2.24, 2.45) is 0 Å². The number of nitrogens with zero attached hydrogens (tertiary/aromatic N) is 6. The summed E-state index contributed by atoms with van der Waals surface area (Å²) in [6.07, 6.45) is -0.799. The first-order chi connectivity index (χ1) is 21.0. The fraction of sp³-hybridized carbons (Fsp3) is 0.0714. The van der Waals surface area contributed by atoms with Crippen molar-refractivity contribution in [3.63, 3.8) is 0 Å². The summed E-state index contributed by atoms with van der Waals surface area (Å²) in [5.41, 5.74) is -0.143. The number of amides is 2. The van der Waals surface area contributed by atoms with E-state index >= 15 is 0 Å². The van der Waals surface area contributed by atoms with Crippen LogP contribution in [0.3, 0.4) is 0 Å². The second-order valence-electron chi connectivity index (χ2n) is 9.05. The summed E-state index contributed by atoms with van der Waals surface area (Å²) in [5.74, 6) is -1.26. The lowest BCUT2D eigenvalue weighted by Crippen LogP contribution is -2.30. The van der Waals surface area contributed by atoms with Crippen LogP contribution in [0.4, 0.5) is 45.5 Å². The van der Waals surface area contributed by atoms with Gasteiger partial charge in [-0.05, 0) is 48.5 Å². The molecule has 16 nitrogen and oxygen atoms in total. The standard InChI is InChI=1S/C28H20N6O10/c35-27(29(19-1-9-23(10-2-19)31(37)38)20-3-11-24(12-4-20)32(39)40)17-18-28(36)30(21-5-13-25(14-6-21)33(41)42)22-7-15-26(16-8-22)34(43)44/h1-16H,17-18H2. The van der Waals surface area contributed by atoms with Crippen molar-refractivity contribution < 1.29 is 29.3 Å². The molecule has 222 valence electrons. The van der Waals surface area contributed by atoms with Gasteiger partial charge in [0.15, 0.2) is 0 Å². The van der Waals surface area contributed by atoms with Crippen LogP contribution in [0.5, 0.6) is 0 Å². The van der Waals surface area contributed by atoms with E-state index in [0.717, 1.165) is 9.80 Å². The lowest BCUT2D eigenvalue weighted by Gasteiger charge is -2.25. The van der Waals surface area contributed by atoms with Gasteiger partial charge in [0.1, 0.15) is 0 Å². The second-order valence-corrected chi connectivity index (χ2v) is 9.05. The van der Waals surface area contributed by atoms with Gasteiger partial charge in [0.05, 0.1) is 19.7 Å². The number of anilines is 4. The summed E-state index contributed by atoms with van der Waals surface area (Å²) in [7, 11) is 0. The average molecular weight is 601 g/mol. The predicted molar refractivity (Wildman–Crippen MR) is 156 cm³/mol. The number of carbonyl (C=O) groups excluding carboxylic acids is 2. The van der Waals surface area contributed by atoms with Crippen LogP contribution in [0.15, 0.2) is 97.1 Å². The van der Waals surface area contributed by atoms with E-state index in [2.05, 4.69) is 0 Å². The van der Waals surface area contributed by atoms with Crippen LogP contribution in [0.2, 0.25) is 0 Å². The molecule has 0 unspecified atom stereocenters. The highest BCUT2D eigenvalue weighted by Gasteiger charge is 2.25. The summed E-state index contributed by atoms with van der Waals surface area (Å²) in [6, 6.07) is 20.0. The zero-order chi connectivity index (χ0) is 32.0. The Morgan fingerprint density at radius 2 is 0.591 bits per heavy atom. The highest BCUT2D eigenvalue weighted by atomic mass is 16.6. The Labute approximate surface area is 247 Å². The van der Waals surface area contributed by atoms with Gasteiger partial charge in [-0.3, -0.25) is 59.8 Å². The van der Waals surface area contributed by atoms with E-state index in [1.54, 1.807) is 0 Å². The van der Waals surface area contributed by atoms with Crippen molar-refractivity contribution in [3.8, 4) is 0 Å². The first-order valence-corrected chi connectivity index (χ1v) is 12.6. The van der Waals surface area contributed by atoms with E-state index in [0.29, 0.717) is 0 Å². The fourth-order valence-electron chi connectivity index (χ4n) is 4.21. The molecule has 0 radical (unpaired) electrons. The Balaban J connectivity index is 1.64. The molecule has 4 aromatic rings. The normalized spacial score (nSPS) is 10.5. The third kappa shape index (κ3) is 6.82. The summed E-state index contributed by atoms with van der Waals surface area (Å²) in [5, 5.41) is 44.5. The molecule has 0 fully saturated rings. The molecule has 0 heterocycles. The zero-order valence-electron chi connectivity index (χ0n) is 22.4. The molecular formula is C28H20N6O10. The van der Waals surface area contributed by atoms with E-state index < -0.39 is 44.3 Å². The van der Waals surface area contributed by atoms with E-state index in [1.165, 1.54) is 97.1 Å². The van der Waals surface area contributed by atoms with Crippen LogP contribution in [0.25, 0.3) is 0 Å². The van der Waals surface area contributed by atoms with E-state index in [4.69, 9.17) is 0 Å². The summed E-state index contributed by atoms with van der Waals surface area (Å²) in [6.45, 7) is 0. The number of rotatable bonds is 11. The van der Waals surface area contributed by atoms with Gasteiger partial charge in [0.25, 0.3) is 22.7 Å². The third-order valence-corrected chi connectivity index (χ3v) is 6.33. The molecule has 0 bridgehead atoms. The van der Waals surface area contributed by atoms with Crippen LogP contribution in [-0.2, 0) is 9.59 Å². The number of hydrogen-bond acceptors (Lipinski definition) is 10. The molecule has 0 aliphatic carbocycles. The molecule has 0 aliphatic rings. The number of nitro groups is 4. The third-order valence-electron chi connectivity index (χ3n) is 6.33. The number of carbonyl (C=O) groups is 2. The monoisotopic (exact) mass is 600 g/mol. The van der Waals surface area contributed by atoms with Gasteiger partial charge in [0.2, 0.25) is 11.8 Å². The average Bonchev–Trinajstić information content (AvgIpc) is 3.01. The maximum atomic E-state index is 13.6. The molecule has 0 N–H and O–H groups in total. The topological polar surface area (TPSA) is 213 Å². The molecule has 0 atom stereocenters. The van der Waals surface area contributed by atoms with Crippen LogP contribution < -0.4 is 9.80 Å². The van der Waals surface area contributed by atoms with Gasteiger partial charge >= 0.3 is 0 Å². The summed E-state index contributed by atoms with van der Waals surface area (Å²) >= 11 is 0. The smallest absolute Gasteiger partial charge is 0.269 e. The van der Waals surface area contributed by atoms with Gasteiger partial charge in [0, 0.05) is 84.1 Å². The van der Waals surface area contributed by atoms with Crippen molar-refractivity contribution in [1.82, 2.24) is 0 Å². The zero-order valence-corrected chi connectivity index (χ0v) is 22.4. The number of non-ortho nitro benzene ring substituents is 4. The molecule has 0 aromatic heterocycles. The quantitative estimate of drug-likeness (QED) is 0.142. The highest BCUT2D eigenvalue weighted by Crippen LogP contribution is 2.32. The Morgan fingerprint density at radius 3 is 0.750 bits per heavy atom. The maximum Gasteiger partial charge on any atom is 0.269 e. The SMILES string of the molecule is O=C(CCC(=O)N(c1ccc([N+](=O)[O-])cc1)c1ccc([N+](=O)[O-])cc1)N(c1ccc([N+](=O)[O-])cc1)c1ccc([N+](=O)[O-])cc1. The fourth-order valence-corrected chi connectivity index (χ4v) is 4.21. The van der Waals surface area contributed by atoms with Crippen LogP contribution in [0, 0.1) is 40.5 Å². The molecule has 2 amide bonds. The minimum Gasteiger partial charge on any atom is -0.281 e.